The fourth-order valence-corrected chi connectivity index (χ4v) is 3.16. The van der Waals surface area contributed by atoms with Crippen LogP contribution in [0.1, 0.15) is 26.2 Å². The maximum Gasteiger partial charge on any atom is 0.240 e. The van der Waals surface area contributed by atoms with Gasteiger partial charge in [-0.15, -0.1) is 0 Å². The monoisotopic (exact) mass is 239 g/mol. The number of rotatable bonds is 2. The lowest BCUT2D eigenvalue weighted by Gasteiger charge is -2.40. The molecule has 3 atom stereocenters. The molecule has 0 aromatic carbocycles. The molecule has 0 bridgehead atoms. The standard InChI is InChI=1S/C13H25N3O/c1-10-4-5-11(8-10)16-7-6-14-9-12(16)13(17)15(2)3/h10-12,14H,4-9H2,1-3H3. The molecule has 17 heavy (non-hydrogen) atoms. The van der Waals surface area contributed by atoms with E-state index in [1.54, 1.807) is 4.90 Å². The number of hydrogen-bond acceptors (Lipinski definition) is 3. The van der Waals surface area contributed by atoms with Crippen LogP contribution in [0.25, 0.3) is 0 Å². The second-order valence-corrected chi connectivity index (χ2v) is 5.76. The normalized spacial score (nSPS) is 34.9. The molecule has 1 aliphatic heterocycles. The molecule has 98 valence electrons. The Morgan fingerprint density at radius 3 is 2.71 bits per heavy atom. The largest absolute Gasteiger partial charge is 0.347 e. The lowest BCUT2D eigenvalue weighted by atomic mass is 10.1. The highest BCUT2D eigenvalue weighted by atomic mass is 16.2. The molecule has 2 aliphatic rings. The van der Waals surface area contributed by atoms with Crippen molar-refractivity contribution < 1.29 is 4.79 Å². The SMILES string of the molecule is CC1CCC(N2CCNCC2C(=O)N(C)C)C1. The molecule has 1 N–H and O–H groups in total. The highest BCUT2D eigenvalue weighted by Gasteiger charge is 2.36. The first-order valence-electron chi connectivity index (χ1n) is 6.77. The van der Waals surface area contributed by atoms with Crippen molar-refractivity contribution in [2.45, 2.75) is 38.3 Å². The topological polar surface area (TPSA) is 35.6 Å². The number of likely N-dealkylation sites (N-methyl/N-ethyl adjacent to an activating group) is 1. The van der Waals surface area contributed by atoms with Crippen molar-refractivity contribution in [3.8, 4) is 0 Å². The van der Waals surface area contributed by atoms with E-state index in [1.165, 1.54) is 19.3 Å². The summed E-state index contributed by atoms with van der Waals surface area (Å²) in [6.45, 7) is 5.16. The van der Waals surface area contributed by atoms with Crippen molar-refractivity contribution in [3.63, 3.8) is 0 Å². The van der Waals surface area contributed by atoms with E-state index in [4.69, 9.17) is 0 Å². The van der Waals surface area contributed by atoms with Gasteiger partial charge in [-0.1, -0.05) is 6.92 Å². The molecule has 3 unspecified atom stereocenters. The summed E-state index contributed by atoms with van der Waals surface area (Å²) in [5, 5.41) is 3.35. The van der Waals surface area contributed by atoms with Crippen LogP contribution in [0.3, 0.4) is 0 Å². The van der Waals surface area contributed by atoms with Crippen LogP contribution >= 0.6 is 0 Å². The Bertz CT molecular complexity index is 280. The van der Waals surface area contributed by atoms with Gasteiger partial charge in [0, 0.05) is 39.8 Å². The van der Waals surface area contributed by atoms with Gasteiger partial charge in [-0.25, -0.2) is 0 Å². The van der Waals surface area contributed by atoms with Crippen LogP contribution in [0, 0.1) is 5.92 Å². The Labute approximate surface area is 104 Å². The number of nitrogens with one attached hydrogen (secondary N) is 1. The number of amides is 1. The van der Waals surface area contributed by atoms with Crippen molar-refractivity contribution in [1.29, 1.82) is 0 Å². The summed E-state index contributed by atoms with van der Waals surface area (Å²) in [6.07, 6.45) is 3.84. The van der Waals surface area contributed by atoms with E-state index in [2.05, 4.69) is 17.1 Å². The molecule has 1 aliphatic carbocycles. The van der Waals surface area contributed by atoms with Crippen LogP contribution in [0.15, 0.2) is 0 Å². The Balaban J connectivity index is 2.04. The van der Waals surface area contributed by atoms with Crippen molar-refractivity contribution in [3.05, 3.63) is 0 Å². The Kier molecular flexibility index (Phi) is 4.05. The number of nitrogens with zero attached hydrogens (tertiary/aromatic N) is 2. The first-order chi connectivity index (χ1) is 8.09. The van der Waals surface area contributed by atoms with E-state index in [0.717, 1.165) is 25.6 Å². The van der Waals surface area contributed by atoms with Crippen LogP contribution in [0.5, 0.6) is 0 Å². The maximum atomic E-state index is 12.2. The number of carbonyl (C=O) groups excluding carboxylic acids is 1. The molecular formula is C13H25N3O. The van der Waals surface area contributed by atoms with Gasteiger partial charge < -0.3 is 10.2 Å². The van der Waals surface area contributed by atoms with Gasteiger partial charge in [-0.3, -0.25) is 9.69 Å². The Hall–Kier alpha value is -0.610. The van der Waals surface area contributed by atoms with Gasteiger partial charge in [-0.05, 0) is 25.2 Å². The third kappa shape index (κ3) is 2.80. The van der Waals surface area contributed by atoms with E-state index in [9.17, 15) is 4.79 Å². The lowest BCUT2D eigenvalue weighted by molar-refractivity contribution is -0.136. The highest BCUT2D eigenvalue weighted by Crippen LogP contribution is 2.30. The molecule has 1 amide bonds. The summed E-state index contributed by atoms with van der Waals surface area (Å²) in [7, 11) is 3.71. The van der Waals surface area contributed by atoms with Gasteiger partial charge >= 0.3 is 0 Å². The minimum Gasteiger partial charge on any atom is -0.347 e. The third-order valence-electron chi connectivity index (χ3n) is 4.15. The first kappa shape index (κ1) is 12.8. The van der Waals surface area contributed by atoms with Crippen LogP contribution in [0.2, 0.25) is 0 Å². The molecule has 1 heterocycles. The van der Waals surface area contributed by atoms with Gasteiger partial charge in [-0.2, -0.15) is 0 Å². The summed E-state index contributed by atoms with van der Waals surface area (Å²) >= 11 is 0. The van der Waals surface area contributed by atoms with Crippen LogP contribution in [-0.4, -0.2) is 61.5 Å². The highest BCUT2D eigenvalue weighted by molar-refractivity contribution is 5.81. The molecule has 0 spiro atoms. The summed E-state index contributed by atoms with van der Waals surface area (Å²) < 4.78 is 0. The van der Waals surface area contributed by atoms with Gasteiger partial charge in [0.2, 0.25) is 5.91 Å². The molecule has 1 saturated heterocycles. The summed E-state index contributed by atoms with van der Waals surface area (Å²) in [5.74, 6) is 1.07. The van der Waals surface area contributed by atoms with Gasteiger partial charge in [0.25, 0.3) is 0 Å². The van der Waals surface area contributed by atoms with Crippen molar-refractivity contribution in [2.24, 2.45) is 5.92 Å². The quantitative estimate of drug-likeness (QED) is 0.764. The van der Waals surface area contributed by atoms with Gasteiger partial charge in [0.1, 0.15) is 6.04 Å². The predicted octanol–water partition coefficient (Wildman–Crippen LogP) is 0.537. The Morgan fingerprint density at radius 1 is 1.35 bits per heavy atom. The smallest absolute Gasteiger partial charge is 0.240 e. The molecule has 0 radical (unpaired) electrons. The van der Waals surface area contributed by atoms with Crippen molar-refractivity contribution >= 4 is 5.91 Å². The Morgan fingerprint density at radius 2 is 2.12 bits per heavy atom. The third-order valence-corrected chi connectivity index (χ3v) is 4.15. The molecular weight excluding hydrogens is 214 g/mol. The van der Waals surface area contributed by atoms with Crippen molar-refractivity contribution in [1.82, 2.24) is 15.1 Å². The molecule has 1 saturated carbocycles. The lowest BCUT2D eigenvalue weighted by Crippen LogP contribution is -2.60. The molecule has 2 fully saturated rings. The number of carbonyl (C=O) groups is 1. The van der Waals surface area contributed by atoms with E-state index < -0.39 is 0 Å². The molecule has 4 heteroatoms. The minimum absolute atomic E-state index is 0.0500. The zero-order valence-electron chi connectivity index (χ0n) is 11.3. The summed E-state index contributed by atoms with van der Waals surface area (Å²) in [5.41, 5.74) is 0. The maximum absolute atomic E-state index is 12.2. The molecule has 0 aromatic rings. The van der Waals surface area contributed by atoms with Crippen LogP contribution in [-0.2, 0) is 4.79 Å². The molecule has 2 rings (SSSR count). The predicted molar refractivity (Wildman–Crippen MR) is 68.9 cm³/mol. The van der Waals surface area contributed by atoms with E-state index >= 15 is 0 Å². The zero-order valence-corrected chi connectivity index (χ0v) is 11.3. The molecule has 0 aromatic heterocycles. The second-order valence-electron chi connectivity index (χ2n) is 5.76. The molecule has 4 nitrogen and oxygen atoms in total. The van der Waals surface area contributed by atoms with Crippen LogP contribution in [0.4, 0.5) is 0 Å². The second kappa shape index (κ2) is 5.36. The van der Waals surface area contributed by atoms with Gasteiger partial charge in [0.15, 0.2) is 0 Å². The van der Waals surface area contributed by atoms with E-state index in [-0.39, 0.29) is 11.9 Å². The summed E-state index contributed by atoms with van der Waals surface area (Å²) in [4.78, 5) is 16.4. The van der Waals surface area contributed by atoms with E-state index in [1.807, 2.05) is 14.1 Å². The first-order valence-corrected chi connectivity index (χ1v) is 6.77. The number of piperazine rings is 1. The fourth-order valence-electron chi connectivity index (χ4n) is 3.16. The number of hydrogen-bond donors (Lipinski definition) is 1. The minimum atomic E-state index is 0.0500. The fraction of sp³-hybridized carbons (Fsp3) is 0.923. The van der Waals surface area contributed by atoms with Crippen molar-refractivity contribution in [2.75, 3.05) is 33.7 Å². The zero-order chi connectivity index (χ0) is 12.4. The van der Waals surface area contributed by atoms with Crippen LogP contribution < -0.4 is 5.32 Å². The average Bonchev–Trinajstić information content (AvgIpc) is 2.74. The summed E-state index contributed by atoms with van der Waals surface area (Å²) in [6, 6.07) is 0.676. The van der Waals surface area contributed by atoms with E-state index in [0.29, 0.717) is 6.04 Å². The average molecular weight is 239 g/mol. The van der Waals surface area contributed by atoms with Gasteiger partial charge in [0.05, 0.1) is 0 Å².